The summed E-state index contributed by atoms with van der Waals surface area (Å²) < 4.78 is 53.1. The van der Waals surface area contributed by atoms with Crippen LogP contribution < -0.4 is 5.43 Å². The topological polar surface area (TPSA) is 32.9 Å². The van der Waals surface area contributed by atoms with Gasteiger partial charge in [-0.3, -0.25) is 4.79 Å². The van der Waals surface area contributed by atoms with Crippen LogP contribution in [-0.2, 0) is 6.18 Å². The minimum absolute atomic E-state index is 0.0582. The van der Waals surface area contributed by atoms with Gasteiger partial charge in [0, 0.05) is 21.3 Å². The monoisotopic (exact) mass is 471 g/mol. The van der Waals surface area contributed by atoms with Crippen LogP contribution in [0.3, 0.4) is 0 Å². The zero-order valence-corrected chi connectivity index (χ0v) is 19.2. The van der Waals surface area contributed by atoms with Crippen molar-refractivity contribution < 1.29 is 17.6 Å². The highest BCUT2D eigenvalue weighted by molar-refractivity contribution is 7.25. The zero-order valence-electron chi connectivity index (χ0n) is 17.7. The van der Waals surface area contributed by atoms with Crippen molar-refractivity contribution in [3.05, 3.63) is 68.7 Å². The van der Waals surface area contributed by atoms with E-state index in [0.717, 1.165) is 12.1 Å². The first-order valence-electron chi connectivity index (χ1n) is 9.78. The molecule has 31 heavy (non-hydrogen) atoms. The Labute approximate surface area is 186 Å². The third-order valence-corrected chi connectivity index (χ3v) is 5.88. The molecule has 4 rings (SSSR count). The van der Waals surface area contributed by atoms with Crippen LogP contribution >= 0.6 is 22.9 Å². The average molecular weight is 472 g/mol. The van der Waals surface area contributed by atoms with Crippen molar-refractivity contribution in [3.63, 3.8) is 0 Å². The lowest BCUT2D eigenvalue weighted by Crippen LogP contribution is -2.05. The minimum atomic E-state index is -4.60. The lowest BCUT2D eigenvalue weighted by atomic mass is 10.0. The lowest BCUT2D eigenvalue weighted by molar-refractivity contribution is -0.137. The second-order valence-corrected chi connectivity index (χ2v) is 7.53. The van der Waals surface area contributed by atoms with E-state index >= 15 is 0 Å². The van der Waals surface area contributed by atoms with Gasteiger partial charge < -0.3 is 4.98 Å². The van der Waals surface area contributed by atoms with E-state index < -0.39 is 17.6 Å². The Balaban J connectivity index is 0.000000807. The van der Waals surface area contributed by atoms with Crippen molar-refractivity contribution in [2.45, 2.75) is 40.8 Å². The number of alkyl halides is 3. The predicted octanol–water partition coefficient (Wildman–Crippen LogP) is 8.58. The third-order valence-electron chi connectivity index (χ3n) is 4.35. The van der Waals surface area contributed by atoms with E-state index in [1.807, 2.05) is 27.7 Å². The first-order valence-corrected chi connectivity index (χ1v) is 11.0. The zero-order chi connectivity index (χ0) is 23.5. The second kappa shape index (κ2) is 9.83. The molecular weight excluding hydrogens is 450 g/mol. The maximum absolute atomic E-state index is 14.3. The van der Waals surface area contributed by atoms with Crippen LogP contribution in [0.5, 0.6) is 0 Å². The first-order chi connectivity index (χ1) is 14.7. The molecule has 4 aromatic rings. The van der Waals surface area contributed by atoms with E-state index in [-0.39, 0.29) is 16.0 Å². The van der Waals surface area contributed by atoms with Crippen molar-refractivity contribution in [3.8, 4) is 11.1 Å². The van der Waals surface area contributed by atoms with E-state index in [9.17, 15) is 22.4 Å². The number of fused-ring (bicyclic) bond motifs is 3. The number of rotatable bonds is 1. The van der Waals surface area contributed by atoms with Gasteiger partial charge in [0.15, 0.2) is 0 Å². The number of H-pyrrole nitrogens is 1. The van der Waals surface area contributed by atoms with Gasteiger partial charge in [0.05, 0.1) is 10.9 Å². The molecule has 2 nitrogen and oxygen atoms in total. The summed E-state index contributed by atoms with van der Waals surface area (Å²) in [5, 5.41) is 1.22. The molecule has 0 aliphatic heterocycles. The number of pyridine rings is 1. The normalized spacial score (nSPS) is 11.0. The molecule has 0 atom stereocenters. The Bertz CT molecular complexity index is 1270. The predicted molar refractivity (Wildman–Crippen MR) is 123 cm³/mol. The number of nitrogens with one attached hydrogen (secondary N) is 1. The molecule has 2 heterocycles. The Hall–Kier alpha value is -2.38. The molecule has 2 aromatic carbocycles. The van der Waals surface area contributed by atoms with E-state index in [0.29, 0.717) is 37.6 Å². The van der Waals surface area contributed by atoms with Gasteiger partial charge in [-0.2, -0.15) is 13.2 Å². The minimum Gasteiger partial charge on any atom is -0.349 e. The molecule has 1 N–H and O–H groups in total. The lowest BCUT2D eigenvalue weighted by Gasteiger charge is -2.09. The maximum Gasteiger partial charge on any atom is 0.416 e. The Morgan fingerprint density at radius 1 is 1.00 bits per heavy atom. The molecule has 0 saturated heterocycles. The van der Waals surface area contributed by atoms with Crippen LogP contribution in [0.15, 0.2) is 41.2 Å². The molecule has 166 valence electrons. The van der Waals surface area contributed by atoms with E-state index in [1.165, 1.54) is 11.3 Å². The molecule has 0 saturated carbocycles. The van der Waals surface area contributed by atoms with Crippen molar-refractivity contribution >= 4 is 43.2 Å². The van der Waals surface area contributed by atoms with Gasteiger partial charge in [-0.15, -0.1) is 11.3 Å². The number of benzene rings is 2. The quantitative estimate of drug-likeness (QED) is 0.277. The van der Waals surface area contributed by atoms with Gasteiger partial charge in [-0.1, -0.05) is 57.5 Å². The van der Waals surface area contributed by atoms with Crippen LogP contribution in [0.4, 0.5) is 17.6 Å². The molecule has 0 aliphatic carbocycles. The molecule has 0 aliphatic rings. The summed E-state index contributed by atoms with van der Waals surface area (Å²) in [6.07, 6.45) is -4.60. The summed E-state index contributed by atoms with van der Waals surface area (Å²) in [5.41, 5.74) is -0.293. The van der Waals surface area contributed by atoms with E-state index in [2.05, 4.69) is 4.98 Å². The fourth-order valence-electron chi connectivity index (χ4n) is 3.01. The average Bonchev–Trinajstić information content (AvgIpc) is 3.11. The Morgan fingerprint density at radius 3 is 2.23 bits per heavy atom. The molecule has 0 amide bonds. The molecule has 0 fully saturated rings. The number of aryl methyl sites for hydroxylation is 1. The van der Waals surface area contributed by atoms with E-state index in [4.69, 9.17) is 11.6 Å². The molecule has 0 spiro atoms. The molecular formula is C23H22ClF4NOS. The van der Waals surface area contributed by atoms with Crippen LogP contribution in [0.1, 0.15) is 39.0 Å². The number of thiophene rings is 1. The number of hydrogen-bond donors (Lipinski definition) is 1. The molecule has 0 radical (unpaired) electrons. The van der Waals surface area contributed by atoms with Crippen molar-refractivity contribution in [1.29, 1.82) is 0 Å². The molecule has 0 bridgehead atoms. The van der Waals surface area contributed by atoms with Gasteiger partial charge in [0.25, 0.3) is 0 Å². The summed E-state index contributed by atoms with van der Waals surface area (Å²) in [6.45, 7) is 9.69. The summed E-state index contributed by atoms with van der Waals surface area (Å²) >= 11 is 7.34. The van der Waals surface area contributed by atoms with Gasteiger partial charge >= 0.3 is 6.18 Å². The van der Waals surface area contributed by atoms with Crippen LogP contribution in [0, 0.1) is 12.7 Å². The number of aromatic nitrogens is 1. The second-order valence-electron chi connectivity index (χ2n) is 6.10. The van der Waals surface area contributed by atoms with Gasteiger partial charge in [-0.25, -0.2) is 4.39 Å². The van der Waals surface area contributed by atoms with Gasteiger partial charge in [-0.05, 0) is 30.7 Å². The van der Waals surface area contributed by atoms with Gasteiger partial charge in [0.2, 0.25) is 5.43 Å². The largest absolute Gasteiger partial charge is 0.416 e. The maximum atomic E-state index is 14.3. The summed E-state index contributed by atoms with van der Waals surface area (Å²) in [4.78, 5) is 16.2. The highest BCUT2D eigenvalue weighted by atomic mass is 35.5. The SMILES string of the molecule is CC.CC.Cc1[nH]c2sc3cc(-c4ccc(C(F)(F)F)cc4F)ccc3c2c(=O)c1Cl. The van der Waals surface area contributed by atoms with Crippen molar-refractivity contribution in [1.82, 2.24) is 4.98 Å². The fraction of sp³-hybridized carbons (Fsp3) is 0.261. The van der Waals surface area contributed by atoms with Crippen LogP contribution in [-0.4, -0.2) is 4.98 Å². The smallest absolute Gasteiger partial charge is 0.349 e. The Morgan fingerprint density at radius 2 is 1.65 bits per heavy atom. The van der Waals surface area contributed by atoms with Gasteiger partial charge in [0.1, 0.15) is 15.7 Å². The fourth-order valence-corrected chi connectivity index (χ4v) is 4.34. The summed E-state index contributed by atoms with van der Waals surface area (Å²) in [7, 11) is 0. The first kappa shape index (κ1) is 24.9. The molecule has 2 aromatic heterocycles. The number of halogens is 5. The summed E-state index contributed by atoms with van der Waals surface area (Å²) in [6, 6.07) is 7.33. The van der Waals surface area contributed by atoms with Crippen molar-refractivity contribution in [2.24, 2.45) is 0 Å². The summed E-state index contributed by atoms with van der Waals surface area (Å²) in [5.74, 6) is -0.958. The molecule has 8 heteroatoms. The highest BCUT2D eigenvalue weighted by Crippen LogP contribution is 2.37. The standard InChI is InChI=1S/C19H10ClF4NOS.2C2H6/c1-8-16(20)17(26)15-12-4-2-9(6-14(12)27-18(15)25-8)11-5-3-10(7-13(11)21)19(22,23)24;2*1-2/h2-7H,1H3,(H,25,26);2*1-2H3. The number of hydrogen-bond acceptors (Lipinski definition) is 2. The van der Waals surface area contributed by atoms with E-state index in [1.54, 1.807) is 25.1 Å². The Kier molecular flexibility index (Phi) is 7.89. The molecule has 0 unspecified atom stereocenters. The third kappa shape index (κ3) is 4.77. The highest BCUT2D eigenvalue weighted by Gasteiger charge is 2.31. The van der Waals surface area contributed by atoms with Crippen LogP contribution in [0.25, 0.3) is 31.4 Å². The number of aromatic amines is 1. The van der Waals surface area contributed by atoms with Crippen molar-refractivity contribution in [2.75, 3.05) is 0 Å². The van der Waals surface area contributed by atoms with Crippen LogP contribution in [0.2, 0.25) is 5.02 Å².